The molecule has 0 amide bonds. The minimum atomic E-state index is 0.577. The highest BCUT2D eigenvalue weighted by atomic mass is 35.5. The molecule has 1 fully saturated rings. The minimum absolute atomic E-state index is 0.577. The van der Waals surface area contributed by atoms with Gasteiger partial charge in [0, 0.05) is 18.3 Å². The molecule has 0 radical (unpaired) electrons. The van der Waals surface area contributed by atoms with Gasteiger partial charge in [0.05, 0.1) is 11.0 Å². The van der Waals surface area contributed by atoms with Crippen LogP contribution in [0.1, 0.15) is 50.0 Å². The maximum Gasteiger partial charge on any atom is 0.111 e. The highest BCUT2D eigenvalue weighted by molar-refractivity contribution is 6.17. The first-order chi connectivity index (χ1) is 9.72. The molecule has 1 atom stereocenters. The molecule has 2 nitrogen and oxygen atoms in total. The molecule has 1 aliphatic carbocycles. The van der Waals surface area contributed by atoms with Crippen LogP contribution >= 0.6 is 11.6 Å². The van der Waals surface area contributed by atoms with E-state index in [9.17, 15) is 0 Å². The van der Waals surface area contributed by atoms with Gasteiger partial charge in [-0.05, 0) is 43.4 Å². The van der Waals surface area contributed by atoms with E-state index < -0.39 is 0 Å². The van der Waals surface area contributed by atoms with E-state index in [2.05, 4.69) is 36.6 Å². The first kappa shape index (κ1) is 13.9. The van der Waals surface area contributed by atoms with Crippen molar-refractivity contribution >= 4 is 22.6 Å². The Bertz CT molecular complexity index is 598. The van der Waals surface area contributed by atoms with Crippen LogP contribution in [0.3, 0.4) is 0 Å². The maximum absolute atomic E-state index is 5.98. The van der Waals surface area contributed by atoms with Crippen molar-refractivity contribution in [3.8, 4) is 0 Å². The molecule has 1 unspecified atom stereocenters. The van der Waals surface area contributed by atoms with Crippen LogP contribution in [0.4, 0.5) is 0 Å². The summed E-state index contributed by atoms with van der Waals surface area (Å²) in [7, 11) is 0. The first-order valence-corrected chi connectivity index (χ1v) is 8.29. The van der Waals surface area contributed by atoms with Gasteiger partial charge >= 0.3 is 0 Å². The first-order valence-electron chi connectivity index (χ1n) is 7.76. The Morgan fingerprint density at radius 3 is 2.85 bits per heavy atom. The summed E-state index contributed by atoms with van der Waals surface area (Å²) in [6.07, 6.45) is 6.15. The van der Waals surface area contributed by atoms with Crippen molar-refractivity contribution in [2.24, 2.45) is 5.92 Å². The molecule has 2 aromatic rings. The number of fused-ring (bicyclic) bond motifs is 1. The fraction of sp³-hybridized carbons (Fsp3) is 0.588. The molecular weight excluding hydrogens is 268 g/mol. The van der Waals surface area contributed by atoms with Crippen molar-refractivity contribution in [3.05, 3.63) is 29.6 Å². The van der Waals surface area contributed by atoms with Crippen LogP contribution in [0.5, 0.6) is 0 Å². The van der Waals surface area contributed by atoms with E-state index in [1.54, 1.807) is 0 Å². The predicted octanol–water partition coefficient (Wildman–Crippen LogP) is 4.88. The quantitative estimate of drug-likeness (QED) is 0.694. The van der Waals surface area contributed by atoms with Gasteiger partial charge in [0.1, 0.15) is 5.82 Å². The van der Waals surface area contributed by atoms with Gasteiger partial charge in [-0.25, -0.2) is 4.98 Å². The van der Waals surface area contributed by atoms with Crippen LogP contribution in [0.25, 0.3) is 11.0 Å². The fourth-order valence-corrected chi connectivity index (χ4v) is 3.29. The van der Waals surface area contributed by atoms with Crippen molar-refractivity contribution in [2.75, 3.05) is 5.88 Å². The molecule has 0 spiro atoms. The molecule has 0 bridgehead atoms. The third-order valence-corrected chi connectivity index (χ3v) is 4.56. The van der Waals surface area contributed by atoms with E-state index in [0.29, 0.717) is 11.9 Å². The molecule has 1 heterocycles. The predicted molar refractivity (Wildman–Crippen MR) is 85.6 cm³/mol. The lowest BCUT2D eigenvalue weighted by molar-refractivity contribution is 0.427. The minimum Gasteiger partial charge on any atom is -0.325 e. The van der Waals surface area contributed by atoms with Crippen LogP contribution in [-0.4, -0.2) is 15.4 Å². The summed E-state index contributed by atoms with van der Waals surface area (Å²) in [6.45, 7) is 4.42. The molecule has 1 aromatic carbocycles. The number of aryl methyl sites for hydroxylation is 2. The van der Waals surface area contributed by atoms with E-state index in [1.165, 1.54) is 36.8 Å². The summed E-state index contributed by atoms with van der Waals surface area (Å²) in [4.78, 5) is 4.84. The van der Waals surface area contributed by atoms with Crippen LogP contribution in [0.15, 0.2) is 18.2 Å². The third-order valence-electron chi connectivity index (χ3n) is 4.37. The van der Waals surface area contributed by atoms with Crippen LogP contribution < -0.4 is 0 Å². The molecule has 0 N–H and O–H groups in total. The van der Waals surface area contributed by atoms with Crippen molar-refractivity contribution in [1.29, 1.82) is 0 Å². The van der Waals surface area contributed by atoms with Gasteiger partial charge in [0.15, 0.2) is 0 Å². The Morgan fingerprint density at radius 1 is 1.40 bits per heavy atom. The monoisotopic (exact) mass is 290 g/mol. The summed E-state index contributed by atoms with van der Waals surface area (Å²) < 4.78 is 2.47. The van der Waals surface area contributed by atoms with Crippen molar-refractivity contribution in [1.82, 2.24) is 9.55 Å². The summed E-state index contributed by atoms with van der Waals surface area (Å²) >= 11 is 5.98. The lowest BCUT2D eigenvalue weighted by atomic mass is 10.1. The summed E-state index contributed by atoms with van der Waals surface area (Å²) in [5, 5.41) is 0. The molecule has 20 heavy (non-hydrogen) atoms. The number of benzene rings is 1. The number of rotatable bonds is 6. The number of alkyl halides is 1. The molecule has 0 aliphatic heterocycles. The second-order valence-corrected chi connectivity index (χ2v) is 6.45. The van der Waals surface area contributed by atoms with Gasteiger partial charge in [-0.15, -0.1) is 11.6 Å². The zero-order valence-electron chi connectivity index (χ0n) is 12.4. The number of halogens is 1. The zero-order chi connectivity index (χ0) is 14.1. The van der Waals surface area contributed by atoms with Crippen molar-refractivity contribution in [2.45, 2.75) is 52.0 Å². The van der Waals surface area contributed by atoms with Gasteiger partial charge < -0.3 is 4.57 Å². The number of hydrogen-bond acceptors (Lipinski definition) is 1. The zero-order valence-corrected chi connectivity index (χ0v) is 13.2. The Kier molecular flexibility index (Phi) is 4.02. The average Bonchev–Trinajstić information content (AvgIpc) is 3.18. The van der Waals surface area contributed by atoms with Crippen LogP contribution in [0, 0.1) is 12.8 Å². The molecule has 0 saturated heterocycles. The molecule has 1 saturated carbocycles. The lowest BCUT2D eigenvalue weighted by Gasteiger charge is -2.20. The normalized spacial score (nSPS) is 16.8. The van der Waals surface area contributed by atoms with Gasteiger partial charge in [-0.3, -0.25) is 0 Å². The van der Waals surface area contributed by atoms with Gasteiger partial charge in [0.2, 0.25) is 0 Å². The standard InChI is InChI=1S/C17H23ClN2/c1-3-14(11-13-5-6-13)20-16-7-4-12(2)10-15(16)19-17(20)8-9-18/h4,7,10,13-14H,3,5-6,8-9,11H2,1-2H3. The largest absolute Gasteiger partial charge is 0.325 e. The highest BCUT2D eigenvalue weighted by Gasteiger charge is 2.27. The van der Waals surface area contributed by atoms with E-state index >= 15 is 0 Å². The SMILES string of the molecule is CCC(CC1CC1)n1c(CCCl)nc2cc(C)ccc21. The molecule has 3 rings (SSSR count). The molecule has 1 aliphatic rings. The second-order valence-electron chi connectivity index (χ2n) is 6.07. The summed E-state index contributed by atoms with van der Waals surface area (Å²) in [5.74, 6) is 2.74. The Labute approximate surface area is 126 Å². The van der Waals surface area contributed by atoms with E-state index in [1.807, 2.05) is 0 Å². The topological polar surface area (TPSA) is 17.8 Å². The molecule has 108 valence electrons. The van der Waals surface area contributed by atoms with E-state index in [0.717, 1.165) is 23.7 Å². The van der Waals surface area contributed by atoms with E-state index in [-0.39, 0.29) is 0 Å². The Morgan fingerprint density at radius 2 is 2.20 bits per heavy atom. The Balaban J connectivity index is 2.06. The summed E-state index contributed by atoms with van der Waals surface area (Å²) in [5.41, 5.74) is 3.68. The second kappa shape index (κ2) is 5.77. The van der Waals surface area contributed by atoms with Crippen LogP contribution in [0.2, 0.25) is 0 Å². The molecule has 1 aromatic heterocycles. The smallest absolute Gasteiger partial charge is 0.111 e. The maximum atomic E-state index is 5.98. The van der Waals surface area contributed by atoms with Gasteiger partial charge in [0.25, 0.3) is 0 Å². The van der Waals surface area contributed by atoms with Gasteiger partial charge in [-0.2, -0.15) is 0 Å². The van der Waals surface area contributed by atoms with Crippen LogP contribution in [-0.2, 0) is 6.42 Å². The van der Waals surface area contributed by atoms with Gasteiger partial charge in [-0.1, -0.05) is 25.8 Å². The lowest BCUT2D eigenvalue weighted by Crippen LogP contribution is -2.13. The molecule has 3 heteroatoms. The average molecular weight is 291 g/mol. The number of hydrogen-bond donors (Lipinski definition) is 0. The van der Waals surface area contributed by atoms with Crippen molar-refractivity contribution < 1.29 is 0 Å². The van der Waals surface area contributed by atoms with Crippen molar-refractivity contribution in [3.63, 3.8) is 0 Å². The van der Waals surface area contributed by atoms with E-state index in [4.69, 9.17) is 16.6 Å². The Hall–Kier alpha value is -1.02. The third kappa shape index (κ3) is 2.71. The fourth-order valence-electron chi connectivity index (χ4n) is 3.12. The molecular formula is C17H23ClN2. The number of nitrogens with zero attached hydrogens (tertiary/aromatic N) is 2. The highest BCUT2D eigenvalue weighted by Crippen LogP contribution is 2.39. The number of imidazole rings is 1. The summed E-state index contributed by atoms with van der Waals surface area (Å²) in [6, 6.07) is 7.18. The number of aromatic nitrogens is 2.